The van der Waals surface area contributed by atoms with E-state index in [9.17, 15) is 14.4 Å². The van der Waals surface area contributed by atoms with Crippen molar-refractivity contribution < 1.29 is 9.59 Å². The van der Waals surface area contributed by atoms with Crippen LogP contribution in [0.25, 0.3) is 10.8 Å². The molecule has 0 atom stereocenters. The Labute approximate surface area is 167 Å². The van der Waals surface area contributed by atoms with Crippen molar-refractivity contribution in [3.63, 3.8) is 0 Å². The van der Waals surface area contributed by atoms with Gasteiger partial charge in [-0.05, 0) is 47.2 Å². The fraction of sp³-hybridized carbons (Fsp3) is 0.227. The van der Waals surface area contributed by atoms with E-state index in [0.717, 1.165) is 11.8 Å². The van der Waals surface area contributed by atoms with Crippen LogP contribution < -0.4 is 16.2 Å². The fourth-order valence-corrected chi connectivity index (χ4v) is 3.56. The number of anilines is 1. The molecule has 3 N–H and O–H groups in total. The summed E-state index contributed by atoms with van der Waals surface area (Å²) in [4.78, 5) is 40.7. The molecule has 0 bridgehead atoms. The average molecular weight is 390 g/mol. The molecule has 0 spiro atoms. The Morgan fingerprint density at radius 3 is 2.76 bits per heavy atom. The highest BCUT2D eigenvalue weighted by Gasteiger charge is 2.20. The molecule has 3 amide bonds. The zero-order valence-corrected chi connectivity index (χ0v) is 15.9. The molecule has 7 nitrogen and oxygen atoms in total. The second-order valence-electron chi connectivity index (χ2n) is 7.08. The average Bonchev–Trinajstić information content (AvgIpc) is 2.73. The Morgan fingerprint density at radius 2 is 1.90 bits per heavy atom. The second kappa shape index (κ2) is 8.18. The predicted octanol–water partition coefficient (Wildman–Crippen LogP) is 2.62. The van der Waals surface area contributed by atoms with Crippen LogP contribution in [0.3, 0.4) is 0 Å². The summed E-state index contributed by atoms with van der Waals surface area (Å²) in [6, 6.07) is 14.9. The second-order valence-corrected chi connectivity index (χ2v) is 7.08. The van der Waals surface area contributed by atoms with Gasteiger partial charge in [0.05, 0.1) is 0 Å². The number of urea groups is 1. The first-order chi connectivity index (χ1) is 14.1. The van der Waals surface area contributed by atoms with Gasteiger partial charge in [-0.1, -0.05) is 24.3 Å². The molecule has 7 heteroatoms. The first-order valence-corrected chi connectivity index (χ1v) is 9.61. The molecule has 3 aromatic rings. The minimum Gasteiger partial charge on any atom is -0.337 e. The highest BCUT2D eigenvalue weighted by atomic mass is 16.2. The monoisotopic (exact) mass is 390 g/mol. The van der Waals surface area contributed by atoms with Gasteiger partial charge in [-0.15, -0.1) is 0 Å². The number of aromatic nitrogens is 1. The van der Waals surface area contributed by atoms with Crippen LogP contribution in [0.5, 0.6) is 0 Å². The number of H-pyrrole nitrogens is 1. The molecule has 1 aliphatic rings. The minimum absolute atomic E-state index is 0.155. The van der Waals surface area contributed by atoms with Gasteiger partial charge in [0.15, 0.2) is 0 Å². The summed E-state index contributed by atoms with van der Waals surface area (Å²) in [5, 5.41) is 6.95. The first kappa shape index (κ1) is 18.7. The standard InChI is InChI=1S/C22H22N4O3/c27-20(25-18-5-6-19-16(13-18)7-10-23-21(19)28)8-11-24-22(29)26-12-9-15-3-1-2-4-17(15)14-26/h1-7,10,13H,8-9,11-12,14H2,(H,23,28)(H,24,29)(H,25,27). The van der Waals surface area contributed by atoms with Gasteiger partial charge in [-0.25, -0.2) is 4.79 Å². The number of nitrogens with one attached hydrogen (secondary N) is 3. The topological polar surface area (TPSA) is 94.3 Å². The van der Waals surface area contributed by atoms with Crippen LogP contribution in [-0.4, -0.2) is 34.9 Å². The molecule has 2 aromatic carbocycles. The zero-order chi connectivity index (χ0) is 20.2. The quantitative estimate of drug-likeness (QED) is 0.639. The number of fused-ring (bicyclic) bond motifs is 2. The van der Waals surface area contributed by atoms with Crippen LogP contribution >= 0.6 is 0 Å². The fourth-order valence-electron chi connectivity index (χ4n) is 3.56. The lowest BCUT2D eigenvalue weighted by Crippen LogP contribution is -2.43. The first-order valence-electron chi connectivity index (χ1n) is 9.61. The number of hydrogen-bond donors (Lipinski definition) is 3. The van der Waals surface area contributed by atoms with Gasteiger partial charge < -0.3 is 20.5 Å². The molecule has 0 saturated carbocycles. The molecule has 1 aromatic heterocycles. The molecule has 1 aliphatic heterocycles. The number of rotatable bonds is 4. The van der Waals surface area contributed by atoms with Crippen LogP contribution in [0.15, 0.2) is 59.5 Å². The van der Waals surface area contributed by atoms with Crippen LogP contribution in [-0.2, 0) is 17.8 Å². The summed E-state index contributed by atoms with van der Waals surface area (Å²) < 4.78 is 0. The summed E-state index contributed by atoms with van der Waals surface area (Å²) >= 11 is 0. The van der Waals surface area contributed by atoms with E-state index in [4.69, 9.17) is 0 Å². The van der Waals surface area contributed by atoms with E-state index in [0.29, 0.717) is 24.2 Å². The Morgan fingerprint density at radius 1 is 1.07 bits per heavy atom. The van der Waals surface area contributed by atoms with Crippen molar-refractivity contribution in [2.45, 2.75) is 19.4 Å². The molecular formula is C22H22N4O3. The van der Waals surface area contributed by atoms with Gasteiger partial charge >= 0.3 is 6.03 Å². The molecule has 4 rings (SSSR count). The molecule has 0 fully saturated rings. The molecule has 0 saturated heterocycles. The summed E-state index contributed by atoms with van der Waals surface area (Å²) in [5.41, 5.74) is 2.91. The van der Waals surface area contributed by atoms with Gasteiger partial charge in [0.25, 0.3) is 5.56 Å². The van der Waals surface area contributed by atoms with Gasteiger partial charge in [0.2, 0.25) is 5.91 Å². The Bertz CT molecular complexity index is 1120. The molecular weight excluding hydrogens is 368 g/mol. The smallest absolute Gasteiger partial charge is 0.317 e. The maximum atomic E-state index is 12.4. The maximum Gasteiger partial charge on any atom is 0.317 e. The molecule has 29 heavy (non-hydrogen) atoms. The van der Waals surface area contributed by atoms with E-state index in [2.05, 4.69) is 21.7 Å². The van der Waals surface area contributed by atoms with Crippen LogP contribution in [0.4, 0.5) is 10.5 Å². The number of carbonyl (C=O) groups is 2. The Kier molecular flexibility index (Phi) is 5.29. The van der Waals surface area contributed by atoms with Gasteiger partial charge in [-0.3, -0.25) is 9.59 Å². The van der Waals surface area contributed by atoms with Crippen molar-refractivity contribution in [2.75, 3.05) is 18.4 Å². The highest BCUT2D eigenvalue weighted by molar-refractivity contribution is 5.94. The van der Waals surface area contributed by atoms with E-state index >= 15 is 0 Å². The number of hydrogen-bond acceptors (Lipinski definition) is 3. The summed E-state index contributed by atoms with van der Waals surface area (Å²) in [6.45, 7) is 1.52. The number of carbonyl (C=O) groups excluding carboxylic acids is 2. The molecule has 0 aliphatic carbocycles. The third-order valence-electron chi connectivity index (χ3n) is 5.10. The van der Waals surface area contributed by atoms with Crippen molar-refractivity contribution >= 4 is 28.4 Å². The van der Waals surface area contributed by atoms with E-state index in [1.807, 2.05) is 18.2 Å². The minimum atomic E-state index is -0.196. The van der Waals surface area contributed by atoms with Crippen molar-refractivity contribution in [3.05, 3.63) is 76.2 Å². The van der Waals surface area contributed by atoms with Gasteiger partial charge in [0.1, 0.15) is 0 Å². The van der Waals surface area contributed by atoms with Crippen LogP contribution in [0.1, 0.15) is 17.5 Å². The van der Waals surface area contributed by atoms with Crippen LogP contribution in [0, 0.1) is 0 Å². The molecule has 0 radical (unpaired) electrons. The van der Waals surface area contributed by atoms with E-state index in [1.54, 1.807) is 35.4 Å². The Balaban J connectivity index is 1.27. The number of nitrogens with zero attached hydrogens (tertiary/aromatic N) is 1. The Hall–Kier alpha value is -3.61. The predicted molar refractivity (Wildman–Crippen MR) is 112 cm³/mol. The lowest BCUT2D eigenvalue weighted by Gasteiger charge is -2.28. The largest absolute Gasteiger partial charge is 0.337 e. The van der Waals surface area contributed by atoms with Gasteiger partial charge in [-0.2, -0.15) is 0 Å². The number of amides is 3. The maximum absolute atomic E-state index is 12.4. The van der Waals surface area contributed by atoms with Crippen molar-refractivity contribution in [3.8, 4) is 0 Å². The van der Waals surface area contributed by atoms with Crippen molar-refractivity contribution in [1.29, 1.82) is 0 Å². The zero-order valence-electron chi connectivity index (χ0n) is 15.9. The van der Waals surface area contributed by atoms with Crippen molar-refractivity contribution in [1.82, 2.24) is 15.2 Å². The molecule has 148 valence electrons. The third-order valence-corrected chi connectivity index (χ3v) is 5.10. The van der Waals surface area contributed by atoms with E-state index < -0.39 is 0 Å². The molecule has 0 unspecified atom stereocenters. The summed E-state index contributed by atoms with van der Waals surface area (Å²) in [5.74, 6) is -0.196. The number of benzene rings is 2. The lowest BCUT2D eigenvalue weighted by molar-refractivity contribution is -0.116. The van der Waals surface area contributed by atoms with Crippen molar-refractivity contribution in [2.24, 2.45) is 0 Å². The SMILES string of the molecule is O=C(CCNC(=O)N1CCc2ccccc2C1)Nc1ccc2c(=O)[nH]ccc2c1. The summed E-state index contributed by atoms with van der Waals surface area (Å²) in [7, 11) is 0. The van der Waals surface area contributed by atoms with E-state index in [-0.39, 0.29) is 30.5 Å². The van der Waals surface area contributed by atoms with Crippen LogP contribution in [0.2, 0.25) is 0 Å². The highest BCUT2D eigenvalue weighted by Crippen LogP contribution is 2.18. The van der Waals surface area contributed by atoms with E-state index in [1.165, 1.54) is 11.1 Å². The number of pyridine rings is 1. The normalized spacial score (nSPS) is 13.0. The summed E-state index contributed by atoms with van der Waals surface area (Å²) in [6.07, 6.45) is 2.59. The lowest BCUT2D eigenvalue weighted by atomic mass is 10.0. The molecule has 2 heterocycles. The number of aromatic amines is 1. The van der Waals surface area contributed by atoms with Gasteiger partial charge in [0, 0.05) is 43.3 Å². The third kappa shape index (κ3) is 4.29.